The van der Waals surface area contributed by atoms with E-state index in [4.69, 9.17) is 102 Å². The van der Waals surface area contributed by atoms with Crippen molar-refractivity contribution < 1.29 is 227 Å². The maximum absolute atomic E-state index is 10.3. The number of rotatable bonds is 32. The molecule has 48 nitrogen and oxygen atoms in total. The molecule has 2 aromatic carbocycles. The number of hydrogen-bond donors (Lipinski definition) is 6. The molecule has 0 amide bonds. The third-order valence-electron chi connectivity index (χ3n) is 11.0. The van der Waals surface area contributed by atoms with E-state index in [9.17, 15) is 29.4 Å². The molecule has 760 valence electrons. The molecule has 0 atom stereocenters. The molecule has 0 saturated carbocycles. The molecule has 0 aliphatic carbocycles. The van der Waals surface area contributed by atoms with Gasteiger partial charge in [-0.2, -0.15) is 36.4 Å². The molecule has 4 radical (unpaired) electrons. The largest absolute Gasteiger partial charge is 3.00 e. The summed E-state index contributed by atoms with van der Waals surface area (Å²) in [6.45, 7) is 51.4. The summed E-state index contributed by atoms with van der Waals surface area (Å²) in [6.07, 6.45) is 28.9. The van der Waals surface area contributed by atoms with Crippen LogP contribution in [0.4, 0.5) is 0 Å². The fourth-order valence-electron chi connectivity index (χ4n) is 7.47. The molecule has 10 rings (SSSR count). The summed E-state index contributed by atoms with van der Waals surface area (Å²) in [7, 11) is -4.98. The first kappa shape index (κ1) is 175. The molecule has 8 aromatic heterocycles. The molecule has 8 heterocycles. The van der Waals surface area contributed by atoms with E-state index in [0.29, 0.717) is 79.3 Å². The second-order valence-corrected chi connectivity index (χ2v) is 23.3. The predicted octanol–water partition coefficient (Wildman–Crippen LogP) is 4.06. The Hall–Kier alpha value is -5.92. The van der Waals surface area contributed by atoms with E-state index in [1.54, 1.807) is 133 Å². The van der Waals surface area contributed by atoms with Crippen LogP contribution >= 0.6 is 51.6 Å². The third-order valence-corrected chi connectivity index (χ3v) is 16.6. The van der Waals surface area contributed by atoms with Crippen LogP contribution in [0.15, 0.2) is 208 Å². The monoisotopic (exact) mass is 2250 g/mol. The van der Waals surface area contributed by atoms with E-state index in [2.05, 4.69) is 95.1 Å². The number of aliphatic hydroxyl groups excluding tert-OH is 6. The zero-order valence-corrected chi connectivity index (χ0v) is 87.3. The molecule has 0 unspecified atom stereocenters. The maximum Gasteiger partial charge on any atom is 3.00 e. The van der Waals surface area contributed by atoms with Crippen LogP contribution in [0.2, 0.25) is 0 Å². The van der Waals surface area contributed by atoms with Crippen molar-refractivity contribution in [1.82, 2.24) is 77.5 Å². The van der Waals surface area contributed by atoms with Crippen LogP contribution in [-0.2, 0) is 156 Å². The second-order valence-electron chi connectivity index (χ2n) is 17.6. The van der Waals surface area contributed by atoms with E-state index in [1.165, 1.54) is 0 Å². The summed E-state index contributed by atoms with van der Waals surface area (Å²) >= 11 is 0. The summed E-state index contributed by atoms with van der Waals surface area (Å²) < 4.78 is 69.3. The summed E-state index contributed by atoms with van der Waals surface area (Å²) in [5.74, 6) is 0. The topological polar surface area (TPSA) is 719 Å². The zero-order valence-electron chi connectivity index (χ0n) is 75.8. The van der Waals surface area contributed by atoms with Crippen molar-refractivity contribution in [2.24, 2.45) is 0 Å². The van der Waals surface area contributed by atoms with Crippen molar-refractivity contribution in [2.75, 3.05) is 122 Å². The van der Waals surface area contributed by atoms with E-state index >= 15 is 0 Å². The first-order valence-electron chi connectivity index (χ1n) is 35.7. The summed E-state index contributed by atoms with van der Waals surface area (Å²) in [5, 5.41) is 115. The SMILES string of the molecule is CCOP([O-])OCC.CCOP([O-])OCC.CCOP([O-])OCC.CCOP([O-])OCC.CCOP([O-])OCC.CCOP([O-])OCC.CO.CO.CO.CO.CO.CO.O.O.[C-]#N.[C-]#N.[C-]#N.[C-]#N.[C-]#N.[C-]#N.[Co+3].[Co+3].[Cu+2].[Cu+2].[Fe+3].[Fe+3].c1cc[cH-]c1.c1cc[cH-]c1.c1cnn([B-](n2cccn2)(n2cccn2)n2cccn2)c1.c1cnn([B-](n2cccn2)(n2cccn2)n2cccn2)c1. The average Bonchev–Trinajstić information content (AvgIpc) is 1.58. The minimum absolute atomic E-state index is 0. The molecule has 10 aromatic rings. The fourth-order valence-corrected chi connectivity index (χ4v) is 10.4. The van der Waals surface area contributed by atoms with Gasteiger partial charge in [-0.25, -0.2) is 65.1 Å². The Kier molecular flexibility index (Phi) is 196. The number of aromatic nitrogens is 16. The molecular formula is C70H122B2Co2Cu2Fe2N22O26P6. The minimum Gasteiger partial charge on any atom is -0.786 e. The van der Waals surface area contributed by atoms with Crippen molar-refractivity contribution in [3.63, 3.8) is 0 Å². The van der Waals surface area contributed by atoms with Gasteiger partial charge in [-0.1, -0.05) is 0 Å². The first-order chi connectivity index (χ1) is 60.7. The van der Waals surface area contributed by atoms with Crippen LogP contribution in [-0.4, -0.2) is 254 Å². The standard InChI is InChI=1S/2C12H12BN8.2C5H5.6C4H10O3P.6CN.6CH4O.2Co.2Cu.2Fe.2H2O/c2*1-5-14-18(9-1)13(19-10-2-6-15-19,20-11-3-7-16-20)21-12-4-8-17-21;2*1-2-4-5-3-1;6*1-3-6-8(5)7-4-2;12*1-2;;;;;;;;/h2*1-12H;2*1-5H;6*3-4H2,1-2H3;;;;;;;6*2H,1H3;;;;;;;2*1H2/q16*-1;;;;;;;2*+3;2*+2;2*+3;;. The Labute approximate surface area is 847 Å². The molecular weight excluding hydrogens is 2130 g/mol. The van der Waals surface area contributed by atoms with Crippen LogP contribution in [0.1, 0.15) is 83.1 Å². The van der Waals surface area contributed by atoms with Crippen LogP contribution in [0, 0.1) is 71.0 Å². The van der Waals surface area contributed by atoms with Gasteiger partial charge < -0.3 is 233 Å². The normalized spacial score (nSPS) is 8.55. The minimum atomic E-state index is -1.83. The van der Waals surface area contributed by atoms with Gasteiger partial charge in [0.1, 0.15) is 0 Å². The zero-order chi connectivity index (χ0) is 97.8. The Morgan fingerprint density at radius 3 is 0.386 bits per heavy atom. The van der Waals surface area contributed by atoms with Crippen LogP contribution in [0.3, 0.4) is 0 Å². The van der Waals surface area contributed by atoms with Gasteiger partial charge in [-0.05, 0) is 181 Å². The van der Waals surface area contributed by atoms with Gasteiger partial charge >= 0.3 is 115 Å². The molecule has 0 spiro atoms. The van der Waals surface area contributed by atoms with Crippen molar-refractivity contribution in [2.45, 2.75) is 83.1 Å². The molecule has 0 fully saturated rings. The molecule has 132 heavy (non-hydrogen) atoms. The predicted molar refractivity (Wildman–Crippen MR) is 464 cm³/mol. The van der Waals surface area contributed by atoms with E-state index < -0.39 is 65.0 Å². The summed E-state index contributed by atoms with van der Waals surface area (Å²) in [5.41, 5.74) is 0. The van der Waals surface area contributed by atoms with Gasteiger partial charge in [-0.3, -0.25) is 0 Å². The Morgan fingerprint density at radius 1 is 0.242 bits per heavy atom. The van der Waals surface area contributed by atoms with Crippen LogP contribution in [0.25, 0.3) is 0 Å². The number of aliphatic hydroxyl groups is 6. The van der Waals surface area contributed by atoms with Gasteiger partial charge in [0.05, 0.1) is 51.6 Å². The van der Waals surface area contributed by atoms with Crippen molar-refractivity contribution in [3.05, 3.63) is 248 Å². The number of hydrogen-bond acceptors (Lipinski definition) is 38. The van der Waals surface area contributed by atoms with Crippen LogP contribution in [0.5, 0.6) is 0 Å². The third kappa shape index (κ3) is 90.5. The first-order valence-corrected chi connectivity index (χ1v) is 42.3. The Bertz CT molecular complexity index is 2850. The smallest absolute Gasteiger partial charge is 0.786 e. The quantitative estimate of drug-likeness (QED) is 0.0197. The Balaban J connectivity index is -0.0000000586. The second kappa shape index (κ2) is 148. The van der Waals surface area contributed by atoms with Gasteiger partial charge in [-0.15, -0.1) is 0 Å². The van der Waals surface area contributed by atoms with Crippen LogP contribution < -0.4 is 29.4 Å². The maximum atomic E-state index is 10.3. The Morgan fingerprint density at radius 2 is 0.333 bits per heavy atom. The molecule has 0 aliphatic rings. The molecule has 62 heteroatoms. The van der Waals surface area contributed by atoms with Gasteiger partial charge in [0.2, 0.25) is 0 Å². The van der Waals surface area contributed by atoms with Crippen molar-refractivity contribution in [1.29, 1.82) is 31.6 Å². The molecule has 10 N–H and O–H groups in total. The average molecular weight is 2250 g/mol. The molecule has 0 saturated heterocycles. The van der Waals surface area contributed by atoms with Gasteiger partial charge in [0.25, 0.3) is 0 Å². The molecule has 0 bridgehead atoms. The summed E-state index contributed by atoms with van der Waals surface area (Å²) in [6, 6.07) is 34.9. The van der Waals surface area contributed by atoms with E-state index in [0.717, 1.165) is 42.7 Å². The summed E-state index contributed by atoms with van der Waals surface area (Å²) in [4.78, 5) is 62.1. The van der Waals surface area contributed by atoms with E-state index in [-0.39, 0.29) is 113 Å². The van der Waals surface area contributed by atoms with E-state index in [1.807, 2.05) is 196 Å². The van der Waals surface area contributed by atoms with Gasteiger partial charge in [0.15, 0.2) is 0 Å². The molecule has 0 aliphatic heterocycles. The van der Waals surface area contributed by atoms with Crippen molar-refractivity contribution in [3.8, 4) is 0 Å². The number of nitrogens with zero attached hydrogens (tertiary/aromatic N) is 22. The van der Waals surface area contributed by atoms with Gasteiger partial charge in [0, 0.05) is 172 Å². The van der Waals surface area contributed by atoms with Crippen molar-refractivity contribution >= 4 is 65.0 Å². The fraction of sp³-hybridized carbons (Fsp3) is 0.429.